The van der Waals surface area contributed by atoms with Gasteiger partial charge < -0.3 is 14.6 Å². The van der Waals surface area contributed by atoms with Crippen LogP contribution in [0.2, 0.25) is 0 Å². The van der Waals surface area contributed by atoms with Crippen LogP contribution >= 0.6 is 15.9 Å². The van der Waals surface area contributed by atoms with Crippen LogP contribution in [-0.2, 0) is 9.53 Å². The molecule has 0 radical (unpaired) electrons. The molecule has 0 saturated carbocycles. The summed E-state index contributed by atoms with van der Waals surface area (Å²) in [6, 6.07) is 4.32. The molecule has 19 heavy (non-hydrogen) atoms. The first-order valence-electron chi connectivity index (χ1n) is 5.86. The van der Waals surface area contributed by atoms with E-state index in [1.807, 2.05) is 6.92 Å². The van der Waals surface area contributed by atoms with Crippen LogP contribution in [0.15, 0.2) is 22.7 Å². The number of esters is 1. The van der Waals surface area contributed by atoms with Gasteiger partial charge in [0.1, 0.15) is 5.75 Å². The molecule has 0 atom stereocenters. The number of carboxylic acid groups (broad SMARTS) is 1. The van der Waals surface area contributed by atoms with Crippen molar-refractivity contribution in [3.8, 4) is 5.75 Å². The second-order valence-electron chi connectivity index (χ2n) is 3.81. The largest absolute Gasteiger partial charge is 0.481 e. The van der Waals surface area contributed by atoms with Gasteiger partial charge in [0.05, 0.1) is 16.6 Å². The SMILES string of the molecule is CCCCOC(=O)COc1ccc(C(=O)O)cc1Br. The maximum absolute atomic E-state index is 11.3. The summed E-state index contributed by atoms with van der Waals surface area (Å²) in [7, 11) is 0. The average Bonchev–Trinajstić information content (AvgIpc) is 2.37. The Labute approximate surface area is 119 Å². The fourth-order valence-electron chi connectivity index (χ4n) is 1.26. The first-order chi connectivity index (χ1) is 9.04. The molecule has 5 nitrogen and oxygen atoms in total. The first kappa shape index (κ1) is 15.5. The minimum absolute atomic E-state index is 0.143. The highest BCUT2D eigenvalue weighted by Crippen LogP contribution is 2.26. The lowest BCUT2D eigenvalue weighted by Gasteiger charge is -2.08. The molecular formula is C13H15BrO5. The molecule has 0 amide bonds. The molecule has 0 saturated heterocycles. The van der Waals surface area contributed by atoms with Gasteiger partial charge in [-0.05, 0) is 40.5 Å². The van der Waals surface area contributed by atoms with Crippen molar-refractivity contribution >= 4 is 27.9 Å². The van der Waals surface area contributed by atoms with Crippen molar-refractivity contribution in [3.05, 3.63) is 28.2 Å². The smallest absolute Gasteiger partial charge is 0.344 e. The summed E-state index contributed by atoms with van der Waals surface area (Å²) in [6.45, 7) is 2.19. The normalized spacial score (nSPS) is 10.0. The van der Waals surface area contributed by atoms with E-state index in [0.717, 1.165) is 12.8 Å². The monoisotopic (exact) mass is 330 g/mol. The van der Waals surface area contributed by atoms with Crippen LogP contribution < -0.4 is 4.74 Å². The number of carbonyl (C=O) groups excluding carboxylic acids is 1. The number of ether oxygens (including phenoxy) is 2. The molecule has 0 aliphatic rings. The molecule has 0 heterocycles. The summed E-state index contributed by atoms with van der Waals surface area (Å²) in [5, 5.41) is 8.80. The summed E-state index contributed by atoms with van der Waals surface area (Å²) in [5.74, 6) is -1.06. The Kier molecular flexibility index (Phi) is 6.35. The van der Waals surface area contributed by atoms with Crippen LogP contribution in [0.5, 0.6) is 5.75 Å². The van der Waals surface area contributed by atoms with Crippen LogP contribution in [0, 0.1) is 0 Å². The third kappa shape index (κ3) is 5.30. The minimum Gasteiger partial charge on any atom is -0.481 e. The van der Waals surface area contributed by atoms with E-state index in [1.165, 1.54) is 18.2 Å². The van der Waals surface area contributed by atoms with E-state index in [4.69, 9.17) is 14.6 Å². The molecule has 0 aliphatic carbocycles. The lowest BCUT2D eigenvalue weighted by Crippen LogP contribution is -2.15. The number of carboxylic acids is 1. The van der Waals surface area contributed by atoms with Gasteiger partial charge >= 0.3 is 11.9 Å². The Morgan fingerprint density at radius 1 is 1.37 bits per heavy atom. The number of hydrogen-bond donors (Lipinski definition) is 1. The maximum Gasteiger partial charge on any atom is 0.344 e. The lowest BCUT2D eigenvalue weighted by atomic mass is 10.2. The Bertz CT molecular complexity index is 458. The highest BCUT2D eigenvalue weighted by atomic mass is 79.9. The molecule has 0 unspecified atom stereocenters. The molecule has 1 N–H and O–H groups in total. The van der Waals surface area contributed by atoms with E-state index in [-0.39, 0.29) is 12.2 Å². The van der Waals surface area contributed by atoms with E-state index in [2.05, 4.69) is 15.9 Å². The van der Waals surface area contributed by atoms with Crippen molar-refractivity contribution in [2.24, 2.45) is 0 Å². The van der Waals surface area contributed by atoms with Gasteiger partial charge in [-0.1, -0.05) is 13.3 Å². The van der Waals surface area contributed by atoms with Gasteiger partial charge in [0.25, 0.3) is 0 Å². The van der Waals surface area contributed by atoms with E-state index in [1.54, 1.807) is 0 Å². The van der Waals surface area contributed by atoms with Crippen molar-refractivity contribution in [1.29, 1.82) is 0 Å². The lowest BCUT2D eigenvalue weighted by molar-refractivity contribution is -0.146. The van der Waals surface area contributed by atoms with E-state index >= 15 is 0 Å². The molecule has 1 aromatic rings. The standard InChI is InChI=1S/C13H15BrO5/c1-2-3-6-18-12(15)8-19-11-5-4-9(13(16)17)7-10(11)14/h4-5,7H,2-3,6,8H2,1H3,(H,16,17). The number of aromatic carboxylic acids is 1. The molecule has 0 bridgehead atoms. The second kappa shape index (κ2) is 7.78. The van der Waals surface area contributed by atoms with Crippen LogP contribution in [0.4, 0.5) is 0 Å². The second-order valence-corrected chi connectivity index (χ2v) is 4.67. The Morgan fingerprint density at radius 2 is 2.11 bits per heavy atom. The van der Waals surface area contributed by atoms with Gasteiger partial charge in [-0.15, -0.1) is 0 Å². The Morgan fingerprint density at radius 3 is 2.68 bits per heavy atom. The minimum atomic E-state index is -1.02. The van der Waals surface area contributed by atoms with Crippen molar-refractivity contribution in [2.75, 3.05) is 13.2 Å². The number of rotatable bonds is 7. The molecule has 104 valence electrons. The van der Waals surface area contributed by atoms with Gasteiger partial charge in [-0.3, -0.25) is 0 Å². The third-order valence-corrected chi connectivity index (χ3v) is 2.91. The molecular weight excluding hydrogens is 316 g/mol. The number of unbranched alkanes of at least 4 members (excludes halogenated alkanes) is 1. The van der Waals surface area contributed by atoms with Gasteiger partial charge in [0.15, 0.2) is 6.61 Å². The Balaban J connectivity index is 2.49. The third-order valence-electron chi connectivity index (χ3n) is 2.29. The fourth-order valence-corrected chi connectivity index (χ4v) is 1.75. The number of benzene rings is 1. The molecule has 0 spiro atoms. The zero-order valence-electron chi connectivity index (χ0n) is 10.5. The van der Waals surface area contributed by atoms with Gasteiger partial charge in [0.2, 0.25) is 0 Å². The summed E-state index contributed by atoms with van der Waals surface area (Å²) >= 11 is 3.19. The van der Waals surface area contributed by atoms with Gasteiger partial charge in [0, 0.05) is 0 Å². The van der Waals surface area contributed by atoms with E-state index in [9.17, 15) is 9.59 Å². The van der Waals surface area contributed by atoms with Crippen LogP contribution in [0.1, 0.15) is 30.1 Å². The van der Waals surface area contributed by atoms with E-state index in [0.29, 0.717) is 16.8 Å². The zero-order valence-corrected chi connectivity index (χ0v) is 12.1. The van der Waals surface area contributed by atoms with Crippen molar-refractivity contribution in [3.63, 3.8) is 0 Å². The molecule has 0 fully saturated rings. The Hall–Kier alpha value is -1.56. The average molecular weight is 331 g/mol. The molecule has 0 aromatic heterocycles. The van der Waals surface area contributed by atoms with Crippen LogP contribution in [0.3, 0.4) is 0 Å². The predicted octanol–water partition coefficient (Wildman–Crippen LogP) is 2.87. The maximum atomic E-state index is 11.3. The van der Waals surface area contributed by atoms with E-state index < -0.39 is 11.9 Å². The number of hydrogen-bond acceptors (Lipinski definition) is 4. The summed E-state index contributed by atoms with van der Waals surface area (Å²) in [5.41, 5.74) is 0.143. The first-order valence-corrected chi connectivity index (χ1v) is 6.65. The highest BCUT2D eigenvalue weighted by molar-refractivity contribution is 9.10. The fraction of sp³-hybridized carbons (Fsp3) is 0.385. The summed E-state index contributed by atoms with van der Waals surface area (Å²) in [6.07, 6.45) is 1.78. The van der Waals surface area contributed by atoms with Crippen molar-refractivity contribution in [2.45, 2.75) is 19.8 Å². The van der Waals surface area contributed by atoms with Crippen LogP contribution in [-0.4, -0.2) is 30.3 Å². The zero-order chi connectivity index (χ0) is 14.3. The van der Waals surface area contributed by atoms with Crippen molar-refractivity contribution in [1.82, 2.24) is 0 Å². The summed E-state index contributed by atoms with van der Waals surface area (Å²) < 4.78 is 10.7. The van der Waals surface area contributed by atoms with Gasteiger partial charge in [-0.2, -0.15) is 0 Å². The van der Waals surface area contributed by atoms with Crippen LogP contribution in [0.25, 0.3) is 0 Å². The molecule has 1 aromatic carbocycles. The summed E-state index contributed by atoms with van der Waals surface area (Å²) in [4.78, 5) is 22.1. The molecule has 0 aliphatic heterocycles. The number of halogens is 1. The quantitative estimate of drug-likeness (QED) is 0.614. The topological polar surface area (TPSA) is 72.8 Å². The molecule has 1 rings (SSSR count). The van der Waals surface area contributed by atoms with Gasteiger partial charge in [-0.25, -0.2) is 9.59 Å². The molecule has 6 heteroatoms. The highest BCUT2D eigenvalue weighted by Gasteiger charge is 2.09. The number of carbonyl (C=O) groups is 2. The van der Waals surface area contributed by atoms with Crippen molar-refractivity contribution < 1.29 is 24.2 Å². The predicted molar refractivity (Wildman–Crippen MR) is 72.5 cm³/mol.